The third kappa shape index (κ3) is 4.39. The number of imide groups is 1. The number of nitrogens with zero attached hydrogens (tertiary/aromatic N) is 4. The Morgan fingerprint density at radius 3 is 2.65 bits per heavy atom. The number of hydrogen-bond acceptors (Lipinski definition) is 6. The Morgan fingerprint density at radius 1 is 1.26 bits per heavy atom. The zero-order valence-electron chi connectivity index (χ0n) is 18.1. The van der Waals surface area contributed by atoms with Gasteiger partial charge in [-0.1, -0.05) is 19.1 Å². The van der Waals surface area contributed by atoms with Crippen molar-refractivity contribution >= 4 is 27.9 Å². The van der Waals surface area contributed by atoms with Crippen molar-refractivity contribution < 1.29 is 14.0 Å². The van der Waals surface area contributed by atoms with Crippen molar-refractivity contribution in [1.29, 1.82) is 0 Å². The molecular weight excluding hydrogens is 462 g/mol. The summed E-state index contributed by atoms with van der Waals surface area (Å²) in [5.74, 6) is 1.34. The van der Waals surface area contributed by atoms with E-state index in [-0.39, 0.29) is 24.6 Å². The molecule has 31 heavy (non-hydrogen) atoms. The quantitative estimate of drug-likeness (QED) is 0.612. The predicted molar refractivity (Wildman–Crippen MR) is 119 cm³/mol. The van der Waals surface area contributed by atoms with E-state index in [9.17, 15) is 9.59 Å². The molecule has 1 saturated carbocycles. The molecule has 1 aromatic heterocycles. The number of carbonyl (C=O) groups excluding carboxylic acids is 2. The van der Waals surface area contributed by atoms with Crippen molar-refractivity contribution in [3.8, 4) is 11.5 Å². The number of rotatable bonds is 6. The maximum Gasteiger partial charge on any atom is 0.326 e. The van der Waals surface area contributed by atoms with Crippen molar-refractivity contribution in [2.24, 2.45) is 5.92 Å². The van der Waals surface area contributed by atoms with E-state index in [0.29, 0.717) is 37.1 Å². The first-order chi connectivity index (χ1) is 14.8. The maximum atomic E-state index is 13.2. The number of urea groups is 1. The molecule has 1 saturated heterocycles. The van der Waals surface area contributed by atoms with Crippen LogP contribution in [0, 0.1) is 5.92 Å². The largest absolute Gasteiger partial charge is 0.419 e. The van der Waals surface area contributed by atoms with E-state index >= 15 is 0 Å². The fraction of sp³-hybridized carbons (Fsp3) is 0.545. The van der Waals surface area contributed by atoms with E-state index in [1.807, 2.05) is 43.0 Å². The van der Waals surface area contributed by atoms with Crippen LogP contribution in [0.3, 0.4) is 0 Å². The van der Waals surface area contributed by atoms with Gasteiger partial charge in [0.05, 0.1) is 18.8 Å². The second-order valence-corrected chi connectivity index (χ2v) is 9.75. The lowest BCUT2D eigenvalue weighted by molar-refractivity contribution is -0.134. The van der Waals surface area contributed by atoms with Crippen LogP contribution < -0.4 is 5.32 Å². The van der Waals surface area contributed by atoms with Gasteiger partial charge in [0.2, 0.25) is 11.8 Å². The molecule has 0 radical (unpaired) electrons. The van der Waals surface area contributed by atoms with E-state index in [1.54, 1.807) is 0 Å². The average molecular weight is 490 g/mol. The van der Waals surface area contributed by atoms with Crippen LogP contribution in [0.25, 0.3) is 11.5 Å². The average Bonchev–Trinajstić information content (AvgIpc) is 3.28. The van der Waals surface area contributed by atoms with Crippen LogP contribution in [0.4, 0.5) is 4.79 Å². The molecule has 2 aromatic rings. The normalized spacial score (nSPS) is 23.9. The Bertz CT molecular complexity index is 968. The predicted octanol–water partition coefficient (Wildman–Crippen LogP) is 4.17. The molecular formula is C22H28BrN5O3. The highest BCUT2D eigenvalue weighted by Crippen LogP contribution is 2.36. The summed E-state index contributed by atoms with van der Waals surface area (Å²) in [6.07, 6.45) is 3.31. The standard InChI is InChI=1S/C22H28BrN5O3/c1-14(2)27(12-18-25-26-19(31-18)16-6-4-5-7-17(16)23)13-28-20(29)22(24-21(28)30)10-8-15(3)9-11-22/h4-7,14-15H,8-13H2,1-3H3,(H,24,30). The van der Waals surface area contributed by atoms with Gasteiger partial charge in [-0.25, -0.2) is 9.69 Å². The smallest absolute Gasteiger partial charge is 0.326 e. The second-order valence-electron chi connectivity index (χ2n) is 8.89. The van der Waals surface area contributed by atoms with Gasteiger partial charge in [0.15, 0.2) is 0 Å². The molecule has 3 amide bonds. The second kappa shape index (κ2) is 8.70. The molecule has 2 fully saturated rings. The maximum absolute atomic E-state index is 13.2. The van der Waals surface area contributed by atoms with Crippen LogP contribution >= 0.6 is 15.9 Å². The van der Waals surface area contributed by atoms with Gasteiger partial charge in [-0.05, 0) is 73.5 Å². The van der Waals surface area contributed by atoms with E-state index in [2.05, 4.69) is 38.4 Å². The minimum Gasteiger partial charge on any atom is -0.419 e. The number of aromatic nitrogens is 2. The summed E-state index contributed by atoms with van der Waals surface area (Å²) in [7, 11) is 0. The Balaban J connectivity index is 1.47. The minimum absolute atomic E-state index is 0.0716. The van der Waals surface area contributed by atoms with Gasteiger partial charge in [-0.2, -0.15) is 0 Å². The highest BCUT2D eigenvalue weighted by Gasteiger charge is 2.52. The molecule has 9 heteroatoms. The molecule has 166 valence electrons. The number of benzene rings is 1. The van der Waals surface area contributed by atoms with E-state index in [4.69, 9.17) is 4.42 Å². The third-order valence-corrected chi connectivity index (χ3v) is 7.03. The zero-order valence-corrected chi connectivity index (χ0v) is 19.7. The molecule has 1 aliphatic carbocycles. The van der Waals surface area contributed by atoms with E-state index < -0.39 is 5.54 Å². The topological polar surface area (TPSA) is 91.6 Å². The number of amides is 3. The Hall–Kier alpha value is -2.26. The number of nitrogens with one attached hydrogen (secondary N) is 1. The first kappa shape index (κ1) is 22.0. The number of hydrogen-bond donors (Lipinski definition) is 1. The lowest BCUT2D eigenvalue weighted by atomic mass is 9.77. The van der Waals surface area contributed by atoms with E-state index in [0.717, 1.165) is 22.9 Å². The lowest BCUT2D eigenvalue weighted by Gasteiger charge is -2.34. The van der Waals surface area contributed by atoms with Gasteiger partial charge in [-0.3, -0.25) is 9.69 Å². The Morgan fingerprint density at radius 2 is 1.97 bits per heavy atom. The molecule has 0 unspecified atom stereocenters. The molecule has 2 heterocycles. The summed E-state index contributed by atoms with van der Waals surface area (Å²) in [6.45, 7) is 6.75. The molecule has 0 bridgehead atoms. The summed E-state index contributed by atoms with van der Waals surface area (Å²) < 4.78 is 6.75. The van der Waals surface area contributed by atoms with Gasteiger partial charge in [0, 0.05) is 10.5 Å². The van der Waals surface area contributed by atoms with Crippen molar-refractivity contribution in [3.63, 3.8) is 0 Å². The van der Waals surface area contributed by atoms with Gasteiger partial charge < -0.3 is 9.73 Å². The SMILES string of the molecule is CC1CCC2(CC1)NC(=O)N(CN(Cc1nnc(-c3ccccc3Br)o1)C(C)C)C2=O. The zero-order chi connectivity index (χ0) is 22.2. The van der Waals surface area contributed by atoms with Crippen molar-refractivity contribution in [2.75, 3.05) is 6.67 Å². The van der Waals surface area contributed by atoms with Crippen LogP contribution in [-0.2, 0) is 11.3 Å². The van der Waals surface area contributed by atoms with Crippen LogP contribution in [0.1, 0.15) is 52.3 Å². The summed E-state index contributed by atoms with van der Waals surface area (Å²) >= 11 is 3.50. The van der Waals surface area contributed by atoms with Gasteiger partial charge in [-0.15, -0.1) is 10.2 Å². The molecule has 1 N–H and O–H groups in total. The Kier molecular flexibility index (Phi) is 6.16. The third-order valence-electron chi connectivity index (χ3n) is 6.34. The highest BCUT2D eigenvalue weighted by atomic mass is 79.9. The summed E-state index contributed by atoms with van der Waals surface area (Å²) in [5, 5.41) is 11.3. The van der Waals surface area contributed by atoms with Crippen molar-refractivity contribution in [2.45, 2.75) is 64.6 Å². The molecule has 4 rings (SSSR count). The molecule has 1 aromatic carbocycles. The first-order valence-electron chi connectivity index (χ1n) is 10.7. The van der Waals surface area contributed by atoms with Crippen molar-refractivity contribution in [1.82, 2.24) is 25.3 Å². The molecule has 1 aliphatic heterocycles. The van der Waals surface area contributed by atoms with Gasteiger partial charge in [0.25, 0.3) is 5.91 Å². The van der Waals surface area contributed by atoms with Crippen LogP contribution in [0.2, 0.25) is 0 Å². The molecule has 8 nitrogen and oxygen atoms in total. The fourth-order valence-electron chi connectivity index (χ4n) is 4.21. The van der Waals surface area contributed by atoms with Gasteiger partial charge >= 0.3 is 6.03 Å². The summed E-state index contributed by atoms with van der Waals surface area (Å²) in [5.41, 5.74) is 0.0867. The number of carbonyl (C=O) groups is 2. The van der Waals surface area contributed by atoms with Crippen LogP contribution in [-0.4, -0.2) is 50.2 Å². The minimum atomic E-state index is -0.733. The Labute approximate surface area is 190 Å². The van der Waals surface area contributed by atoms with E-state index in [1.165, 1.54) is 4.90 Å². The van der Waals surface area contributed by atoms with Crippen LogP contribution in [0.5, 0.6) is 0 Å². The summed E-state index contributed by atoms with van der Waals surface area (Å²) in [6, 6.07) is 7.40. The fourth-order valence-corrected chi connectivity index (χ4v) is 4.67. The highest BCUT2D eigenvalue weighted by molar-refractivity contribution is 9.10. The number of halogens is 1. The monoisotopic (exact) mass is 489 g/mol. The van der Waals surface area contributed by atoms with Crippen LogP contribution in [0.15, 0.2) is 33.2 Å². The lowest BCUT2D eigenvalue weighted by Crippen LogP contribution is -2.50. The van der Waals surface area contributed by atoms with Crippen molar-refractivity contribution in [3.05, 3.63) is 34.6 Å². The first-order valence-corrected chi connectivity index (χ1v) is 11.5. The molecule has 1 spiro atoms. The molecule has 2 aliphatic rings. The summed E-state index contributed by atoms with van der Waals surface area (Å²) in [4.78, 5) is 29.2. The molecule has 0 atom stereocenters. The van der Waals surface area contributed by atoms with Gasteiger partial charge in [0.1, 0.15) is 5.54 Å².